The van der Waals surface area contributed by atoms with Crippen molar-refractivity contribution >= 4 is 17.5 Å². The maximum Gasteiger partial charge on any atom is 0.258 e. The molecular weight excluding hydrogens is 258 g/mol. The lowest BCUT2D eigenvalue weighted by Gasteiger charge is -2.21. The zero-order chi connectivity index (χ0) is 15.1. The quantitative estimate of drug-likeness (QED) is 0.757. The molecule has 6 nitrogen and oxygen atoms in total. The van der Waals surface area contributed by atoms with E-state index >= 15 is 0 Å². The molecule has 0 fully saturated rings. The average molecular weight is 279 g/mol. The number of anilines is 1. The highest BCUT2D eigenvalue weighted by molar-refractivity contribution is 5.99. The maximum absolute atomic E-state index is 12.5. The summed E-state index contributed by atoms with van der Waals surface area (Å²) in [5.74, 6) is -0.0213. The van der Waals surface area contributed by atoms with Crippen LogP contribution in [0.3, 0.4) is 0 Å². The third-order valence-corrected chi connectivity index (χ3v) is 2.83. The van der Waals surface area contributed by atoms with E-state index in [1.54, 1.807) is 18.2 Å². The Morgan fingerprint density at radius 3 is 2.60 bits per heavy atom. The zero-order valence-corrected chi connectivity index (χ0v) is 12.1. The van der Waals surface area contributed by atoms with Crippen LogP contribution in [-0.4, -0.2) is 43.5 Å². The molecule has 1 aromatic carbocycles. The topological polar surface area (TPSA) is 84.7 Å². The van der Waals surface area contributed by atoms with Crippen LogP contribution in [0.2, 0.25) is 0 Å². The third-order valence-electron chi connectivity index (χ3n) is 2.83. The first-order valence-electron chi connectivity index (χ1n) is 6.52. The van der Waals surface area contributed by atoms with E-state index < -0.39 is 0 Å². The van der Waals surface area contributed by atoms with E-state index in [4.69, 9.17) is 10.5 Å². The number of ether oxygens (including phenoxy) is 1. The van der Waals surface area contributed by atoms with E-state index in [-0.39, 0.29) is 18.4 Å². The average Bonchev–Trinajstić information content (AvgIpc) is 2.44. The fourth-order valence-electron chi connectivity index (χ4n) is 1.82. The molecule has 0 aromatic heterocycles. The summed E-state index contributed by atoms with van der Waals surface area (Å²) in [4.78, 5) is 25.5. The Balaban J connectivity index is 2.96. The van der Waals surface area contributed by atoms with Gasteiger partial charge in [0, 0.05) is 18.8 Å². The summed E-state index contributed by atoms with van der Waals surface area (Å²) in [6, 6.07) is 4.86. The van der Waals surface area contributed by atoms with E-state index in [2.05, 4.69) is 5.32 Å². The van der Waals surface area contributed by atoms with Crippen LogP contribution < -0.4 is 15.8 Å². The van der Waals surface area contributed by atoms with Gasteiger partial charge in [0.25, 0.3) is 5.91 Å². The number of amides is 2. The van der Waals surface area contributed by atoms with E-state index in [0.29, 0.717) is 30.1 Å². The molecule has 3 N–H and O–H groups in total. The van der Waals surface area contributed by atoms with Crippen LogP contribution in [0.5, 0.6) is 5.75 Å². The van der Waals surface area contributed by atoms with Crippen molar-refractivity contribution in [2.75, 3.05) is 32.5 Å². The fourth-order valence-corrected chi connectivity index (χ4v) is 1.82. The van der Waals surface area contributed by atoms with Gasteiger partial charge in [-0.25, -0.2) is 0 Å². The molecule has 0 aliphatic carbocycles. The Morgan fingerprint density at radius 1 is 1.35 bits per heavy atom. The van der Waals surface area contributed by atoms with Gasteiger partial charge in [-0.3, -0.25) is 9.59 Å². The number of nitrogens with two attached hydrogens (primary N) is 1. The zero-order valence-electron chi connectivity index (χ0n) is 12.1. The summed E-state index contributed by atoms with van der Waals surface area (Å²) in [5.41, 5.74) is 6.54. The SMILES string of the molecule is CCNC(=O)CN(CC)C(=O)c1cc(N)ccc1OC. The van der Waals surface area contributed by atoms with E-state index in [1.807, 2.05) is 13.8 Å². The molecule has 6 heteroatoms. The second-order valence-corrected chi connectivity index (χ2v) is 4.23. The van der Waals surface area contributed by atoms with Crippen LogP contribution >= 0.6 is 0 Å². The van der Waals surface area contributed by atoms with E-state index in [1.165, 1.54) is 12.0 Å². The first-order valence-corrected chi connectivity index (χ1v) is 6.52. The molecule has 110 valence electrons. The van der Waals surface area contributed by atoms with Gasteiger partial charge in [0.1, 0.15) is 5.75 Å². The molecule has 0 heterocycles. The number of nitrogen functional groups attached to an aromatic ring is 1. The molecular formula is C14H21N3O3. The molecule has 1 rings (SSSR count). The van der Waals surface area contributed by atoms with Crippen molar-refractivity contribution in [3.05, 3.63) is 23.8 Å². The molecule has 0 saturated carbocycles. The van der Waals surface area contributed by atoms with Gasteiger partial charge < -0.3 is 20.7 Å². The Bertz CT molecular complexity index is 489. The van der Waals surface area contributed by atoms with Gasteiger partial charge in [-0.05, 0) is 32.0 Å². The number of rotatable bonds is 6. The van der Waals surface area contributed by atoms with Gasteiger partial charge in [-0.15, -0.1) is 0 Å². The van der Waals surface area contributed by atoms with Crippen LogP contribution in [0.1, 0.15) is 24.2 Å². The van der Waals surface area contributed by atoms with Crippen LogP contribution in [0.4, 0.5) is 5.69 Å². The smallest absolute Gasteiger partial charge is 0.258 e. The highest BCUT2D eigenvalue weighted by Crippen LogP contribution is 2.22. The first kappa shape index (κ1) is 15.8. The Labute approximate surface area is 118 Å². The van der Waals surface area contributed by atoms with Gasteiger partial charge in [-0.2, -0.15) is 0 Å². The molecule has 0 saturated heterocycles. The monoisotopic (exact) mass is 279 g/mol. The molecule has 0 unspecified atom stereocenters. The van der Waals surface area contributed by atoms with Crippen LogP contribution in [0.25, 0.3) is 0 Å². The molecule has 1 aromatic rings. The molecule has 0 bridgehead atoms. The predicted octanol–water partition coefficient (Wildman–Crippen LogP) is 0.876. The van der Waals surface area contributed by atoms with Crippen LogP contribution in [-0.2, 0) is 4.79 Å². The summed E-state index contributed by atoms with van der Waals surface area (Å²) in [6.07, 6.45) is 0. The number of likely N-dealkylation sites (N-methyl/N-ethyl adjacent to an activating group) is 2. The Morgan fingerprint density at radius 2 is 2.05 bits per heavy atom. The predicted molar refractivity (Wildman–Crippen MR) is 77.7 cm³/mol. The highest BCUT2D eigenvalue weighted by atomic mass is 16.5. The van der Waals surface area contributed by atoms with Crippen molar-refractivity contribution in [3.63, 3.8) is 0 Å². The second kappa shape index (κ2) is 7.37. The van der Waals surface area contributed by atoms with Gasteiger partial charge in [0.2, 0.25) is 5.91 Å². The summed E-state index contributed by atoms with van der Waals surface area (Å²) in [6.45, 7) is 4.62. The fraction of sp³-hybridized carbons (Fsp3) is 0.429. The number of carbonyl (C=O) groups excluding carboxylic acids is 2. The lowest BCUT2D eigenvalue weighted by Crippen LogP contribution is -2.40. The normalized spacial score (nSPS) is 9.95. The summed E-state index contributed by atoms with van der Waals surface area (Å²) >= 11 is 0. The second-order valence-electron chi connectivity index (χ2n) is 4.23. The summed E-state index contributed by atoms with van der Waals surface area (Å²) in [7, 11) is 1.49. The number of hydrogen-bond donors (Lipinski definition) is 2. The lowest BCUT2D eigenvalue weighted by atomic mass is 10.1. The summed E-state index contributed by atoms with van der Waals surface area (Å²) in [5, 5.41) is 2.67. The number of nitrogens with zero attached hydrogens (tertiary/aromatic N) is 1. The van der Waals surface area contributed by atoms with Crippen molar-refractivity contribution in [1.82, 2.24) is 10.2 Å². The number of hydrogen-bond acceptors (Lipinski definition) is 4. The Hall–Kier alpha value is -2.24. The molecule has 0 radical (unpaired) electrons. The summed E-state index contributed by atoms with van der Waals surface area (Å²) < 4.78 is 5.16. The number of methoxy groups -OCH3 is 1. The first-order chi connectivity index (χ1) is 9.53. The number of carbonyl (C=O) groups is 2. The third kappa shape index (κ3) is 3.88. The maximum atomic E-state index is 12.5. The van der Waals surface area contributed by atoms with E-state index in [0.717, 1.165) is 0 Å². The van der Waals surface area contributed by atoms with Crippen molar-refractivity contribution in [3.8, 4) is 5.75 Å². The molecule has 0 aliphatic heterocycles. The number of benzene rings is 1. The molecule has 0 aliphatic rings. The van der Waals surface area contributed by atoms with Crippen molar-refractivity contribution < 1.29 is 14.3 Å². The highest BCUT2D eigenvalue weighted by Gasteiger charge is 2.20. The minimum Gasteiger partial charge on any atom is -0.496 e. The van der Waals surface area contributed by atoms with Crippen molar-refractivity contribution in [1.29, 1.82) is 0 Å². The minimum absolute atomic E-state index is 0.0150. The standard InChI is InChI=1S/C14H21N3O3/c1-4-16-13(18)9-17(5-2)14(19)11-8-10(15)6-7-12(11)20-3/h6-8H,4-5,9,15H2,1-3H3,(H,16,18). The van der Waals surface area contributed by atoms with Gasteiger partial charge in [0.05, 0.1) is 19.2 Å². The van der Waals surface area contributed by atoms with Crippen molar-refractivity contribution in [2.24, 2.45) is 0 Å². The van der Waals surface area contributed by atoms with E-state index in [9.17, 15) is 9.59 Å². The van der Waals surface area contributed by atoms with Gasteiger partial charge in [-0.1, -0.05) is 0 Å². The van der Waals surface area contributed by atoms with Gasteiger partial charge in [0.15, 0.2) is 0 Å². The minimum atomic E-state index is -0.275. The van der Waals surface area contributed by atoms with Gasteiger partial charge >= 0.3 is 0 Å². The largest absolute Gasteiger partial charge is 0.496 e. The number of nitrogens with one attached hydrogen (secondary N) is 1. The van der Waals surface area contributed by atoms with Crippen LogP contribution in [0, 0.1) is 0 Å². The van der Waals surface area contributed by atoms with Crippen LogP contribution in [0.15, 0.2) is 18.2 Å². The molecule has 20 heavy (non-hydrogen) atoms. The molecule has 0 spiro atoms. The molecule has 2 amide bonds. The Kier molecular flexibility index (Phi) is 5.83. The lowest BCUT2D eigenvalue weighted by molar-refractivity contribution is -0.121. The van der Waals surface area contributed by atoms with Crippen molar-refractivity contribution in [2.45, 2.75) is 13.8 Å². The molecule has 0 atom stereocenters.